The Bertz CT molecular complexity index is 1240. The summed E-state index contributed by atoms with van der Waals surface area (Å²) in [5.74, 6) is -1.73. The predicted molar refractivity (Wildman–Crippen MR) is 116 cm³/mol. The molecule has 32 heavy (non-hydrogen) atoms. The number of benzene rings is 3. The number of nitro groups is 1. The van der Waals surface area contributed by atoms with Gasteiger partial charge in [-0.2, -0.15) is 0 Å². The molecule has 1 aliphatic carbocycles. The van der Waals surface area contributed by atoms with E-state index in [4.69, 9.17) is 0 Å². The fraction of sp³-hybridized carbons (Fsp3) is 0.0870. The van der Waals surface area contributed by atoms with E-state index in [0.29, 0.717) is 28.2 Å². The topological polar surface area (TPSA) is 125 Å². The zero-order valence-corrected chi connectivity index (χ0v) is 16.5. The molecule has 162 valence electrons. The minimum absolute atomic E-state index is 0.303. The Morgan fingerprint density at radius 1 is 0.969 bits per heavy atom. The van der Waals surface area contributed by atoms with Crippen molar-refractivity contribution < 1.29 is 24.3 Å². The summed E-state index contributed by atoms with van der Waals surface area (Å²) in [6.45, 7) is 0. The minimum Gasteiger partial charge on any atom is -0.384 e. The molecule has 9 heteroatoms. The van der Waals surface area contributed by atoms with Gasteiger partial charge in [0.2, 0.25) is 0 Å². The molecule has 3 aromatic rings. The van der Waals surface area contributed by atoms with Crippen LogP contribution in [0.5, 0.6) is 0 Å². The monoisotopic (exact) mass is 435 g/mol. The summed E-state index contributed by atoms with van der Waals surface area (Å²) in [6, 6.07) is 16.1. The van der Waals surface area contributed by atoms with E-state index in [1.165, 1.54) is 6.08 Å². The number of carbonyl (C=O) groups excluding carboxylic acids is 1. The van der Waals surface area contributed by atoms with Crippen molar-refractivity contribution in [3.63, 3.8) is 0 Å². The molecule has 0 bridgehead atoms. The molecule has 4 N–H and O–H groups in total. The summed E-state index contributed by atoms with van der Waals surface area (Å²) in [5, 5.41) is 37.4. The molecule has 0 radical (unpaired) electrons. The van der Waals surface area contributed by atoms with Crippen molar-refractivity contribution in [3.8, 4) is 0 Å². The van der Waals surface area contributed by atoms with E-state index < -0.39 is 40.1 Å². The van der Waals surface area contributed by atoms with Crippen molar-refractivity contribution in [1.29, 1.82) is 0 Å². The number of nitro benzene ring substituents is 1. The van der Waals surface area contributed by atoms with Crippen LogP contribution in [0.1, 0.15) is 33.7 Å². The third-order valence-electron chi connectivity index (χ3n) is 5.06. The average molecular weight is 435 g/mol. The first-order chi connectivity index (χ1) is 15.3. The van der Waals surface area contributed by atoms with Crippen LogP contribution in [0.3, 0.4) is 0 Å². The zero-order valence-electron chi connectivity index (χ0n) is 16.5. The Kier molecular flexibility index (Phi) is 5.67. The maximum atomic E-state index is 14.0. The highest BCUT2D eigenvalue weighted by Crippen LogP contribution is 2.36. The molecule has 0 saturated heterocycles. The number of hydrogen-bond donors (Lipinski definition) is 4. The second kappa shape index (κ2) is 8.58. The molecule has 0 heterocycles. The second-order valence-electron chi connectivity index (χ2n) is 7.18. The molecule has 0 fully saturated rings. The van der Waals surface area contributed by atoms with Gasteiger partial charge in [0, 0.05) is 29.2 Å². The zero-order chi connectivity index (χ0) is 22.8. The summed E-state index contributed by atoms with van der Waals surface area (Å²) in [7, 11) is 0. The fourth-order valence-corrected chi connectivity index (χ4v) is 3.50. The second-order valence-corrected chi connectivity index (χ2v) is 7.18. The number of rotatable bonds is 5. The molecule has 4 rings (SSSR count). The largest absolute Gasteiger partial charge is 0.384 e. The van der Waals surface area contributed by atoms with E-state index in [-0.39, 0.29) is 0 Å². The molecule has 3 aromatic carbocycles. The van der Waals surface area contributed by atoms with Gasteiger partial charge in [0.1, 0.15) is 11.9 Å². The highest BCUT2D eigenvalue weighted by Gasteiger charge is 2.26. The smallest absolute Gasteiger partial charge is 0.270 e. The highest BCUT2D eigenvalue weighted by molar-refractivity contribution is 6.05. The van der Waals surface area contributed by atoms with Crippen LogP contribution >= 0.6 is 0 Å². The lowest BCUT2D eigenvalue weighted by Crippen LogP contribution is -2.19. The number of amides is 1. The van der Waals surface area contributed by atoms with Gasteiger partial charge in [0.05, 0.1) is 16.6 Å². The Hall–Kier alpha value is -4.08. The van der Waals surface area contributed by atoms with Gasteiger partial charge in [-0.15, -0.1) is 0 Å². The summed E-state index contributed by atoms with van der Waals surface area (Å²) in [4.78, 5) is 22.7. The van der Waals surface area contributed by atoms with Crippen molar-refractivity contribution in [2.75, 3.05) is 10.6 Å². The number of hydrogen-bond acceptors (Lipinski definition) is 6. The number of nitrogens with zero attached hydrogens (tertiary/aromatic N) is 1. The predicted octanol–water partition coefficient (Wildman–Crippen LogP) is 4.06. The maximum absolute atomic E-state index is 14.0. The quantitative estimate of drug-likeness (QED) is 0.354. The van der Waals surface area contributed by atoms with Crippen molar-refractivity contribution in [2.45, 2.75) is 12.2 Å². The van der Waals surface area contributed by atoms with Crippen LogP contribution in [-0.4, -0.2) is 21.0 Å². The van der Waals surface area contributed by atoms with E-state index >= 15 is 0 Å². The Morgan fingerprint density at radius 3 is 2.44 bits per heavy atom. The lowest BCUT2D eigenvalue weighted by atomic mass is 9.90. The van der Waals surface area contributed by atoms with Gasteiger partial charge in [-0.3, -0.25) is 14.9 Å². The number of halogens is 1. The van der Waals surface area contributed by atoms with Crippen LogP contribution in [0, 0.1) is 15.9 Å². The third-order valence-corrected chi connectivity index (χ3v) is 5.06. The summed E-state index contributed by atoms with van der Waals surface area (Å²) < 4.78 is 14.0. The normalized spacial score (nSPS) is 17.2. The first-order valence-corrected chi connectivity index (χ1v) is 9.62. The van der Waals surface area contributed by atoms with Crippen LogP contribution < -0.4 is 10.6 Å². The summed E-state index contributed by atoms with van der Waals surface area (Å²) in [6.07, 6.45) is -0.375. The van der Waals surface area contributed by atoms with Crippen LogP contribution in [0.25, 0.3) is 0 Å². The number of non-ortho nitro benzene ring substituents is 1. The van der Waals surface area contributed by atoms with Gasteiger partial charge < -0.3 is 20.8 Å². The first kappa shape index (κ1) is 21.2. The van der Waals surface area contributed by atoms with Crippen molar-refractivity contribution in [1.82, 2.24) is 0 Å². The number of aliphatic hydroxyl groups excluding tert-OH is 2. The van der Waals surface area contributed by atoms with Crippen LogP contribution in [0.15, 0.2) is 78.5 Å². The molecule has 2 unspecified atom stereocenters. The van der Waals surface area contributed by atoms with Crippen molar-refractivity contribution in [3.05, 3.63) is 111 Å². The number of fused-ring (bicyclic) bond motifs is 1. The molecule has 0 spiro atoms. The number of anilines is 2. The first-order valence-electron chi connectivity index (χ1n) is 9.62. The van der Waals surface area contributed by atoms with Crippen molar-refractivity contribution >= 4 is 23.0 Å². The van der Waals surface area contributed by atoms with Crippen molar-refractivity contribution in [2.24, 2.45) is 0 Å². The van der Waals surface area contributed by atoms with Gasteiger partial charge >= 0.3 is 0 Å². The molecule has 0 aliphatic heterocycles. The molecule has 1 aliphatic rings. The Balaban J connectivity index is 1.53. The maximum Gasteiger partial charge on any atom is 0.270 e. The van der Waals surface area contributed by atoms with Crippen LogP contribution in [0.2, 0.25) is 0 Å². The van der Waals surface area contributed by atoms with Crippen LogP contribution in [-0.2, 0) is 0 Å². The van der Waals surface area contributed by atoms with Crippen LogP contribution in [0.4, 0.5) is 21.5 Å². The lowest BCUT2D eigenvalue weighted by molar-refractivity contribution is -0.384. The number of aliphatic hydroxyl groups is 2. The number of nitrogens with one attached hydrogen (secondary N) is 2. The SMILES string of the molecule is O=C(Nc1cccc(NC2=CC(O)c3ccccc3C2O)c1)c1cc([N+](=O)[O-])ccc1F. The number of carbonyl (C=O) groups is 1. The lowest BCUT2D eigenvalue weighted by Gasteiger charge is -2.27. The van der Waals surface area contributed by atoms with Gasteiger partial charge in [-0.25, -0.2) is 4.39 Å². The van der Waals surface area contributed by atoms with Gasteiger partial charge in [-0.1, -0.05) is 30.3 Å². The molecule has 0 saturated carbocycles. The molecule has 8 nitrogen and oxygen atoms in total. The van der Waals surface area contributed by atoms with E-state index in [0.717, 1.165) is 18.2 Å². The van der Waals surface area contributed by atoms with E-state index in [2.05, 4.69) is 10.6 Å². The summed E-state index contributed by atoms with van der Waals surface area (Å²) in [5.41, 5.74) is 1.51. The van der Waals surface area contributed by atoms with E-state index in [1.807, 2.05) is 0 Å². The molecule has 0 aromatic heterocycles. The van der Waals surface area contributed by atoms with Gasteiger partial charge in [-0.05, 0) is 41.5 Å². The molecular formula is C23H18FN3O5. The van der Waals surface area contributed by atoms with E-state index in [9.17, 15) is 29.5 Å². The average Bonchev–Trinajstić information content (AvgIpc) is 2.77. The van der Waals surface area contributed by atoms with E-state index in [1.54, 1.807) is 48.5 Å². The standard InChI is InChI=1S/C23H18FN3O5/c24-19-9-8-15(27(31)32)11-18(19)23(30)26-14-5-3-4-13(10-14)25-20-12-21(28)16-6-1-2-7-17(16)22(20)29/h1-12,21-22,25,28-29H,(H,26,30). The third kappa shape index (κ3) is 4.20. The summed E-state index contributed by atoms with van der Waals surface area (Å²) >= 11 is 0. The Morgan fingerprint density at radius 2 is 1.69 bits per heavy atom. The molecule has 2 atom stereocenters. The molecule has 1 amide bonds. The Labute approximate surface area is 181 Å². The van der Waals surface area contributed by atoms with Gasteiger partial charge in [0.15, 0.2) is 0 Å². The highest BCUT2D eigenvalue weighted by atomic mass is 19.1. The van der Waals surface area contributed by atoms with Gasteiger partial charge in [0.25, 0.3) is 11.6 Å². The minimum atomic E-state index is -0.980. The fourth-order valence-electron chi connectivity index (χ4n) is 3.50. The molecular weight excluding hydrogens is 417 g/mol.